The summed E-state index contributed by atoms with van der Waals surface area (Å²) in [7, 11) is -1.45. The Morgan fingerprint density at radius 1 is 1.00 bits per heavy atom. The second-order valence-corrected chi connectivity index (χ2v) is 8.78. The summed E-state index contributed by atoms with van der Waals surface area (Å²) in [5.41, 5.74) is 3.86. The molecule has 0 saturated heterocycles. The predicted molar refractivity (Wildman–Crippen MR) is 129 cm³/mol. The van der Waals surface area contributed by atoms with Gasteiger partial charge in [-0.25, -0.2) is 8.42 Å². The summed E-state index contributed by atoms with van der Waals surface area (Å²) < 4.78 is 28.5. The molecule has 8 heteroatoms. The fraction of sp³-hybridized carbons (Fsp3) is 0.381. The summed E-state index contributed by atoms with van der Waals surface area (Å²) in [4.78, 5) is 4.49. The fourth-order valence-electron chi connectivity index (χ4n) is 2.88. The Kier molecular flexibility index (Phi) is 10.5. The lowest BCUT2D eigenvalue weighted by molar-refractivity contribution is 0.321. The monoisotopic (exact) mass is 531 g/mol. The molecule has 2 aromatic rings. The zero-order valence-electron chi connectivity index (χ0n) is 17.4. The molecule has 6 nitrogen and oxygen atoms in total. The summed E-state index contributed by atoms with van der Waals surface area (Å²) in [6, 6.07) is 13.0. The van der Waals surface area contributed by atoms with Crippen LogP contribution >= 0.6 is 24.0 Å². The first kappa shape index (κ1) is 25.2. The van der Waals surface area contributed by atoms with Gasteiger partial charge in [0.15, 0.2) is 15.8 Å². The van der Waals surface area contributed by atoms with Gasteiger partial charge in [-0.05, 0) is 50.1 Å². The van der Waals surface area contributed by atoms with E-state index in [-0.39, 0.29) is 28.9 Å². The smallest absolute Gasteiger partial charge is 0.191 e. The highest BCUT2D eigenvalue weighted by Crippen LogP contribution is 2.15. The third kappa shape index (κ3) is 9.03. The molecule has 0 bridgehead atoms. The molecule has 29 heavy (non-hydrogen) atoms. The number of aryl methyl sites for hydroxylation is 2. The van der Waals surface area contributed by atoms with Crippen molar-refractivity contribution in [3.63, 3.8) is 0 Å². The third-order valence-corrected chi connectivity index (χ3v) is 5.25. The number of guanidine groups is 1. The van der Waals surface area contributed by atoms with Crippen LogP contribution in [0.4, 0.5) is 0 Å². The highest BCUT2D eigenvalue weighted by molar-refractivity contribution is 14.0. The predicted octanol–water partition coefficient (Wildman–Crippen LogP) is 3.11. The number of aliphatic imine (C=N–C) groups is 1. The summed E-state index contributed by atoms with van der Waals surface area (Å²) in [6.07, 6.45) is 2.11. The van der Waals surface area contributed by atoms with Crippen molar-refractivity contribution in [2.24, 2.45) is 4.99 Å². The molecule has 0 radical (unpaired) electrons. The highest BCUT2D eigenvalue weighted by atomic mass is 127. The van der Waals surface area contributed by atoms with Crippen LogP contribution in [0.3, 0.4) is 0 Å². The molecular weight excluding hydrogens is 501 g/mol. The van der Waals surface area contributed by atoms with Gasteiger partial charge in [0.2, 0.25) is 0 Å². The van der Waals surface area contributed by atoms with Crippen LogP contribution in [0.1, 0.15) is 16.7 Å². The van der Waals surface area contributed by atoms with Gasteiger partial charge in [-0.2, -0.15) is 0 Å². The molecule has 0 atom stereocenters. The molecule has 160 valence electrons. The first-order valence-electron chi connectivity index (χ1n) is 9.22. The van der Waals surface area contributed by atoms with E-state index in [1.165, 1.54) is 22.9 Å². The van der Waals surface area contributed by atoms with Gasteiger partial charge in [0, 0.05) is 19.8 Å². The van der Waals surface area contributed by atoms with Crippen molar-refractivity contribution >= 4 is 39.8 Å². The first-order chi connectivity index (χ1) is 13.3. The van der Waals surface area contributed by atoms with E-state index >= 15 is 0 Å². The normalized spacial score (nSPS) is 11.5. The maximum atomic E-state index is 11.5. The van der Waals surface area contributed by atoms with Crippen LogP contribution < -0.4 is 15.4 Å². The number of ether oxygens (including phenoxy) is 1. The van der Waals surface area contributed by atoms with Gasteiger partial charge in [0.25, 0.3) is 0 Å². The van der Waals surface area contributed by atoms with Crippen molar-refractivity contribution in [2.75, 3.05) is 33.0 Å². The maximum Gasteiger partial charge on any atom is 0.191 e. The number of rotatable bonds is 8. The van der Waals surface area contributed by atoms with Crippen LogP contribution in [-0.4, -0.2) is 47.4 Å². The van der Waals surface area contributed by atoms with Crippen molar-refractivity contribution < 1.29 is 13.2 Å². The molecule has 2 aromatic carbocycles. The van der Waals surface area contributed by atoms with Gasteiger partial charge >= 0.3 is 0 Å². The van der Waals surface area contributed by atoms with Crippen LogP contribution in [0, 0.1) is 13.8 Å². The van der Waals surface area contributed by atoms with Crippen LogP contribution in [0.15, 0.2) is 52.4 Å². The average molecular weight is 531 g/mol. The molecule has 0 spiro atoms. The molecule has 0 aromatic heterocycles. The summed E-state index contributed by atoms with van der Waals surface area (Å²) in [6.45, 7) is 6.03. The second-order valence-electron chi connectivity index (χ2n) is 6.76. The van der Waals surface area contributed by atoms with E-state index in [1.807, 2.05) is 0 Å². The van der Waals surface area contributed by atoms with Crippen molar-refractivity contribution in [2.45, 2.75) is 25.2 Å². The minimum atomic E-state index is -3.19. The number of nitrogens with one attached hydrogen (secondary N) is 2. The van der Waals surface area contributed by atoms with Crippen molar-refractivity contribution in [3.05, 3.63) is 59.2 Å². The van der Waals surface area contributed by atoms with Crippen molar-refractivity contribution in [1.29, 1.82) is 0 Å². The van der Waals surface area contributed by atoms with Gasteiger partial charge < -0.3 is 15.4 Å². The van der Waals surface area contributed by atoms with E-state index in [9.17, 15) is 8.42 Å². The van der Waals surface area contributed by atoms with Crippen LogP contribution in [0.2, 0.25) is 0 Å². The van der Waals surface area contributed by atoms with Crippen molar-refractivity contribution in [3.8, 4) is 5.75 Å². The molecule has 0 saturated carbocycles. The third-order valence-electron chi connectivity index (χ3n) is 4.13. The number of hydrogen-bond donors (Lipinski definition) is 2. The lowest BCUT2D eigenvalue weighted by Gasteiger charge is -2.13. The molecule has 2 rings (SSSR count). The highest BCUT2D eigenvalue weighted by Gasteiger charge is 2.06. The van der Waals surface area contributed by atoms with E-state index in [0.717, 1.165) is 18.9 Å². The zero-order chi connectivity index (χ0) is 20.6. The quantitative estimate of drug-likeness (QED) is 0.237. The number of sulfone groups is 1. The summed E-state index contributed by atoms with van der Waals surface area (Å²) in [5.74, 6) is 1.35. The summed E-state index contributed by atoms with van der Waals surface area (Å²) in [5, 5.41) is 6.50. The molecule has 0 heterocycles. The fourth-order valence-corrected chi connectivity index (χ4v) is 3.51. The Labute approximate surface area is 191 Å². The SMILES string of the molecule is CN=C(NCCOc1ccc(S(C)(=O)=O)cc1)NCCc1cc(C)cc(C)c1.I. The second kappa shape index (κ2) is 12.0. The molecule has 0 fully saturated rings. The molecule has 0 amide bonds. The average Bonchev–Trinajstić information content (AvgIpc) is 2.62. The van der Waals surface area contributed by atoms with Gasteiger partial charge in [-0.15, -0.1) is 24.0 Å². The standard InChI is InChI=1S/C21H29N3O3S.HI/c1-16-13-17(2)15-18(14-16)9-10-23-21(22-3)24-11-12-27-19-5-7-20(8-6-19)28(4,25)26;/h5-8,13-15H,9-12H2,1-4H3,(H2,22,23,24);1H. The van der Waals surface area contributed by atoms with Crippen molar-refractivity contribution in [1.82, 2.24) is 10.6 Å². The number of hydrogen-bond acceptors (Lipinski definition) is 4. The lowest BCUT2D eigenvalue weighted by atomic mass is 10.1. The van der Waals surface area contributed by atoms with Gasteiger partial charge in [-0.3, -0.25) is 4.99 Å². The van der Waals surface area contributed by atoms with E-state index in [0.29, 0.717) is 18.9 Å². The largest absolute Gasteiger partial charge is 0.492 e. The van der Waals surface area contributed by atoms with Gasteiger partial charge in [0.05, 0.1) is 11.4 Å². The lowest BCUT2D eigenvalue weighted by Crippen LogP contribution is -2.40. The Morgan fingerprint density at radius 2 is 1.59 bits per heavy atom. The van der Waals surface area contributed by atoms with E-state index in [1.54, 1.807) is 31.3 Å². The minimum Gasteiger partial charge on any atom is -0.492 e. The molecule has 0 aliphatic rings. The Morgan fingerprint density at radius 3 is 2.14 bits per heavy atom. The van der Waals surface area contributed by atoms with Gasteiger partial charge in [-0.1, -0.05) is 29.3 Å². The molecule has 0 unspecified atom stereocenters. The molecule has 0 aliphatic carbocycles. The summed E-state index contributed by atoms with van der Waals surface area (Å²) >= 11 is 0. The van der Waals surface area contributed by atoms with E-state index in [2.05, 4.69) is 47.7 Å². The number of nitrogens with zero attached hydrogens (tertiary/aromatic N) is 1. The molecule has 2 N–H and O–H groups in total. The van der Waals surface area contributed by atoms with Crippen LogP contribution in [0.25, 0.3) is 0 Å². The molecule has 0 aliphatic heterocycles. The van der Waals surface area contributed by atoms with E-state index < -0.39 is 9.84 Å². The zero-order valence-corrected chi connectivity index (χ0v) is 20.5. The maximum absolute atomic E-state index is 11.5. The Bertz CT molecular complexity index is 893. The number of halogens is 1. The van der Waals surface area contributed by atoms with Gasteiger partial charge in [0.1, 0.15) is 12.4 Å². The number of benzene rings is 2. The van der Waals surface area contributed by atoms with Crippen LogP contribution in [-0.2, 0) is 16.3 Å². The van der Waals surface area contributed by atoms with E-state index in [4.69, 9.17) is 4.74 Å². The molecular formula is C21H30IN3O3S. The topological polar surface area (TPSA) is 79.8 Å². The first-order valence-corrected chi connectivity index (χ1v) is 11.1. The van der Waals surface area contributed by atoms with Crippen LogP contribution in [0.5, 0.6) is 5.75 Å². The minimum absolute atomic E-state index is 0. The Balaban J connectivity index is 0.00000420. The Hall–Kier alpha value is -1.81.